The molecule has 0 aliphatic carbocycles. The lowest BCUT2D eigenvalue weighted by Crippen LogP contribution is -2.14. The van der Waals surface area contributed by atoms with Crippen LogP contribution in [0.2, 0.25) is 0 Å². The Hall–Kier alpha value is -4.19. The van der Waals surface area contributed by atoms with Crippen LogP contribution in [0.4, 0.5) is 18.9 Å². The maximum absolute atomic E-state index is 12.8. The molecule has 0 fully saturated rings. The van der Waals surface area contributed by atoms with Gasteiger partial charge in [0.15, 0.2) is 17.3 Å². The first-order valence-corrected chi connectivity index (χ1v) is 11.4. The van der Waals surface area contributed by atoms with Crippen LogP contribution in [0.5, 0.6) is 17.2 Å². The number of benzene rings is 3. The standard InChI is InChI=1S/C23H14F3NO7S/c24-23(25,26)13-2-5-15(6-3-13)35(30,31)27-14-4-8-17-16(10-14)20(28)21(29)22(34-17)12-1-7-18-19(9-12)33-11-32-18/h1-10,27,29H,11H2. The Morgan fingerprint density at radius 1 is 0.914 bits per heavy atom. The fraction of sp³-hybridized carbons (Fsp3) is 0.0870. The van der Waals surface area contributed by atoms with Gasteiger partial charge in [0.2, 0.25) is 18.0 Å². The third-order valence-corrected chi connectivity index (χ3v) is 6.64. The van der Waals surface area contributed by atoms with E-state index in [9.17, 15) is 31.5 Å². The molecule has 2 heterocycles. The Kier molecular flexibility index (Phi) is 5.13. The summed E-state index contributed by atoms with van der Waals surface area (Å²) in [4.78, 5) is 12.4. The second-order valence-electron chi connectivity index (χ2n) is 7.52. The molecule has 5 rings (SSSR count). The van der Waals surface area contributed by atoms with Crippen molar-refractivity contribution in [1.82, 2.24) is 0 Å². The number of aromatic hydroxyl groups is 1. The van der Waals surface area contributed by atoms with Crippen molar-refractivity contribution in [1.29, 1.82) is 0 Å². The van der Waals surface area contributed by atoms with Gasteiger partial charge in [0.1, 0.15) is 5.58 Å². The molecule has 1 aliphatic rings. The van der Waals surface area contributed by atoms with Crippen LogP contribution < -0.4 is 19.6 Å². The van der Waals surface area contributed by atoms with Crippen LogP contribution in [0.25, 0.3) is 22.3 Å². The first-order chi connectivity index (χ1) is 16.5. The molecule has 0 saturated heterocycles. The van der Waals surface area contributed by atoms with Gasteiger partial charge in [0, 0.05) is 11.3 Å². The summed E-state index contributed by atoms with van der Waals surface area (Å²) in [7, 11) is -4.26. The molecule has 4 aromatic rings. The van der Waals surface area contributed by atoms with Gasteiger partial charge in [-0.25, -0.2) is 8.42 Å². The van der Waals surface area contributed by atoms with E-state index >= 15 is 0 Å². The molecule has 0 radical (unpaired) electrons. The Morgan fingerprint density at radius 3 is 2.34 bits per heavy atom. The van der Waals surface area contributed by atoms with E-state index in [1.807, 2.05) is 0 Å². The summed E-state index contributed by atoms with van der Waals surface area (Å²) in [5.74, 6) is 0.108. The normalized spacial score (nSPS) is 13.2. The number of nitrogens with one attached hydrogen (secondary N) is 1. The molecular weight excluding hydrogens is 491 g/mol. The summed E-state index contributed by atoms with van der Waals surface area (Å²) in [6, 6.07) is 11.5. The molecule has 12 heteroatoms. The lowest BCUT2D eigenvalue weighted by molar-refractivity contribution is -0.137. The number of anilines is 1. The second kappa shape index (κ2) is 7.94. The molecule has 2 N–H and O–H groups in total. The Morgan fingerprint density at radius 2 is 1.63 bits per heavy atom. The summed E-state index contributed by atoms with van der Waals surface area (Å²) in [5.41, 5.74) is -1.43. The molecule has 0 bridgehead atoms. The molecule has 1 aromatic heterocycles. The highest BCUT2D eigenvalue weighted by atomic mass is 32.2. The molecule has 1 aliphatic heterocycles. The summed E-state index contributed by atoms with van der Waals surface area (Å²) >= 11 is 0. The Labute approximate surface area is 195 Å². The fourth-order valence-corrected chi connectivity index (χ4v) is 4.57. The van der Waals surface area contributed by atoms with Crippen LogP contribution in [0.15, 0.2) is 74.8 Å². The van der Waals surface area contributed by atoms with Crippen molar-refractivity contribution in [3.63, 3.8) is 0 Å². The molecule has 0 saturated carbocycles. The average Bonchev–Trinajstić information content (AvgIpc) is 3.29. The van der Waals surface area contributed by atoms with E-state index in [0.29, 0.717) is 29.2 Å². The van der Waals surface area contributed by atoms with Gasteiger partial charge in [0.05, 0.1) is 15.8 Å². The van der Waals surface area contributed by atoms with Gasteiger partial charge in [-0.2, -0.15) is 13.2 Å². The second-order valence-corrected chi connectivity index (χ2v) is 9.20. The van der Waals surface area contributed by atoms with Gasteiger partial charge in [-0.15, -0.1) is 0 Å². The van der Waals surface area contributed by atoms with Crippen LogP contribution in [0.3, 0.4) is 0 Å². The summed E-state index contributed by atoms with van der Waals surface area (Å²) in [6.07, 6.45) is -4.61. The lowest BCUT2D eigenvalue weighted by atomic mass is 10.1. The predicted molar refractivity (Wildman–Crippen MR) is 118 cm³/mol. The minimum atomic E-state index is -4.61. The highest BCUT2D eigenvalue weighted by Gasteiger charge is 2.30. The predicted octanol–water partition coefficient (Wildman–Crippen LogP) is 4.71. The number of halogens is 3. The number of alkyl halides is 3. The molecule has 35 heavy (non-hydrogen) atoms. The number of fused-ring (bicyclic) bond motifs is 2. The minimum Gasteiger partial charge on any atom is -0.502 e. The monoisotopic (exact) mass is 505 g/mol. The molecule has 0 atom stereocenters. The van der Waals surface area contributed by atoms with E-state index in [4.69, 9.17) is 13.9 Å². The fourth-order valence-electron chi connectivity index (χ4n) is 3.52. The largest absolute Gasteiger partial charge is 0.502 e. The maximum atomic E-state index is 12.8. The average molecular weight is 505 g/mol. The third kappa shape index (κ3) is 4.12. The number of hydrogen-bond donors (Lipinski definition) is 2. The number of hydrogen-bond acceptors (Lipinski definition) is 7. The van der Waals surface area contributed by atoms with E-state index in [1.165, 1.54) is 12.1 Å². The highest BCUT2D eigenvalue weighted by molar-refractivity contribution is 7.92. The van der Waals surface area contributed by atoms with Crippen LogP contribution >= 0.6 is 0 Å². The molecule has 0 spiro atoms. The van der Waals surface area contributed by atoms with Crippen molar-refractivity contribution in [2.45, 2.75) is 11.1 Å². The van der Waals surface area contributed by atoms with Gasteiger partial charge in [-0.1, -0.05) is 0 Å². The Balaban J connectivity index is 1.49. The molecule has 3 aromatic carbocycles. The summed E-state index contributed by atoms with van der Waals surface area (Å²) in [5, 5.41) is 10.4. The van der Waals surface area contributed by atoms with Crippen molar-refractivity contribution in [2.24, 2.45) is 0 Å². The SMILES string of the molecule is O=c1c(O)c(-c2ccc3c(c2)OCO3)oc2ccc(NS(=O)(=O)c3ccc(C(F)(F)F)cc3)cc12. The van der Waals surface area contributed by atoms with Gasteiger partial charge in [0.25, 0.3) is 10.0 Å². The van der Waals surface area contributed by atoms with Crippen molar-refractivity contribution < 1.29 is 40.6 Å². The zero-order valence-corrected chi connectivity index (χ0v) is 18.2. The van der Waals surface area contributed by atoms with E-state index in [1.54, 1.807) is 18.2 Å². The minimum absolute atomic E-state index is 0.0393. The third-order valence-electron chi connectivity index (χ3n) is 5.25. The van der Waals surface area contributed by atoms with E-state index < -0.39 is 37.8 Å². The summed E-state index contributed by atoms with van der Waals surface area (Å²) in [6.45, 7) is 0.0393. The van der Waals surface area contributed by atoms with Crippen LogP contribution in [-0.4, -0.2) is 20.3 Å². The van der Waals surface area contributed by atoms with Crippen molar-refractivity contribution in [3.8, 4) is 28.6 Å². The number of sulfonamides is 1. The van der Waals surface area contributed by atoms with Crippen molar-refractivity contribution in [3.05, 3.63) is 76.5 Å². The first kappa shape index (κ1) is 22.6. The molecule has 180 valence electrons. The van der Waals surface area contributed by atoms with Gasteiger partial charge in [-0.3, -0.25) is 9.52 Å². The van der Waals surface area contributed by atoms with E-state index in [2.05, 4.69) is 4.72 Å². The topological polar surface area (TPSA) is 115 Å². The highest BCUT2D eigenvalue weighted by Crippen LogP contribution is 2.39. The first-order valence-electron chi connectivity index (χ1n) is 9.93. The molecule has 0 unspecified atom stereocenters. The van der Waals surface area contributed by atoms with Gasteiger partial charge < -0.3 is 19.0 Å². The smallest absolute Gasteiger partial charge is 0.416 e. The van der Waals surface area contributed by atoms with E-state index in [0.717, 1.165) is 18.2 Å². The molecule has 0 amide bonds. The maximum Gasteiger partial charge on any atom is 0.416 e. The van der Waals surface area contributed by atoms with Crippen LogP contribution in [0, 0.1) is 0 Å². The lowest BCUT2D eigenvalue weighted by Gasteiger charge is -2.11. The number of rotatable bonds is 4. The van der Waals surface area contributed by atoms with Crippen LogP contribution in [-0.2, 0) is 16.2 Å². The molecule has 8 nitrogen and oxygen atoms in total. The van der Waals surface area contributed by atoms with Gasteiger partial charge >= 0.3 is 6.18 Å². The zero-order valence-electron chi connectivity index (χ0n) is 17.4. The van der Waals surface area contributed by atoms with Crippen molar-refractivity contribution in [2.75, 3.05) is 11.5 Å². The zero-order chi connectivity index (χ0) is 25.0. The molecular formula is C23H14F3NO7S. The number of ether oxygens (including phenoxy) is 2. The quantitative estimate of drug-likeness (QED) is 0.413. The van der Waals surface area contributed by atoms with Crippen LogP contribution in [0.1, 0.15) is 5.56 Å². The summed E-state index contributed by atoms with van der Waals surface area (Å²) < 4.78 is 81.9. The van der Waals surface area contributed by atoms with E-state index in [-0.39, 0.29) is 29.2 Å². The Bertz CT molecular complexity index is 1630. The van der Waals surface area contributed by atoms with Gasteiger partial charge in [-0.05, 0) is 60.7 Å². The van der Waals surface area contributed by atoms with Crippen molar-refractivity contribution >= 4 is 26.7 Å².